The molecule has 69 heavy (non-hydrogen) atoms. The zero-order chi connectivity index (χ0) is 49.7. The van der Waals surface area contributed by atoms with Crippen molar-refractivity contribution in [3.63, 3.8) is 0 Å². The number of hydrogen-bond acceptors (Lipinski definition) is 13. The number of nitrogens with one attached hydrogen (secondary N) is 3. The number of β-amino-alcohol motifs (C(OH)–C–C–N with tert-alkyl or cyclic N) is 1. The average molecular weight is 1000 g/mol. The number of ether oxygens (including phenoxy) is 2. The summed E-state index contributed by atoms with van der Waals surface area (Å²) in [6, 6.07) is 12.6. The Bertz CT molecular complexity index is 2670. The molecule has 1 fully saturated rings. The lowest BCUT2D eigenvalue weighted by molar-refractivity contribution is -0.146. The number of thiazole rings is 1. The van der Waals surface area contributed by atoms with E-state index in [0.717, 1.165) is 54.0 Å². The van der Waals surface area contributed by atoms with Gasteiger partial charge in [0, 0.05) is 53.8 Å². The second-order valence-electron chi connectivity index (χ2n) is 18.8. The van der Waals surface area contributed by atoms with Gasteiger partial charge in [0.05, 0.1) is 47.0 Å². The molecule has 2 aliphatic rings. The maximum absolute atomic E-state index is 14.2. The molecule has 1 saturated heterocycles. The summed E-state index contributed by atoms with van der Waals surface area (Å²) in [5.41, 5.74) is 7.74. The minimum atomic E-state index is -1.00. The van der Waals surface area contributed by atoms with E-state index in [1.54, 1.807) is 29.6 Å². The number of aliphatic hydroxyl groups excluding tert-OH is 1. The van der Waals surface area contributed by atoms with E-state index in [0.29, 0.717) is 29.7 Å². The number of aromatic nitrogens is 4. The standard InChI is InChI=1S/C50H62ClN9O7S2/c1-27-31(5)69-49-41(27)42(34-15-17-36(51)18-16-34)55-38(45-58-57-32(6)60(45)49)24-40(62)52-19-22-66-20-10-21-67-30(4)46(63)56-44(50(7,8)9)48(65)59-25-37(61)23-39(59)47(64)54-28(2)33-11-13-35(14-12-33)43-29(3)53-26-68-43/h11-18,26,28,30,37-39,44,61H,10,19-25H2,1-9H3,(H,52,62)(H,54,64)(H,56,63)/t28-,30-,37+,38-,39-,44+/m0/s1. The second kappa shape index (κ2) is 22.2. The molecule has 3 aromatic heterocycles. The van der Waals surface area contributed by atoms with Crippen molar-refractivity contribution in [2.24, 2.45) is 10.4 Å². The second-order valence-corrected chi connectivity index (χ2v) is 21.3. The van der Waals surface area contributed by atoms with Gasteiger partial charge in [-0.3, -0.25) is 28.7 Å². The molecular formula is C50H62ClN9O7S2. The van der Waals surface area contributed by atoms with Crippen molar-refractivity contribution < 1.29 is 33.8 Å². The summed E-state index contributed by atoms with van der Waals surface area (Å²) < 4.78 is 13.6. The van der Waals surface area contributed by atoms with Crippen molar-refractivity contribution in [3.05, 3.63) is 104 Å². The minimum absolute atomic E-state index is 0.0346. The molecule has 4 N–H and O–H groups in total. The Kier molecular flexibility index (Phi) is 16.5. The van der Waals surface area contributed by atoms with Crippen LogP contribution in [0.2, 0.25) is 5.02 Å². The van der Waals surface area contributed by atoms with Crippen molar-refractivity contribution >= 4 is 63.6 Å². The van der Waals surface area contributed by atoms with Gasteiger partial charge < -0.3 is 35.4 Å². The maximum atomic E-state index is 14.2. The number of benzene rings is 2. The van der Waals surface area contributed by atoms with Gasteiger partial charge in [0.2, 0.25) is 23.6 Å². The van der Waals surface area contributed by atoms with E-state index in [2.05, 4.69) is 45.0 Å². The van der Waals surface area contributed by atoms with Crippen molar-refractivity contribution in [1.29, 1.82) is 0 Å². The number of aryl methyl sites for hydroxylation is 3. The first-order valence-electron chi connectivity index (χ1n) is 23.2. The quantitative estimate of drug-likeness (QED) is 0.0668. The molecule has 0 radical (unpaired) electrons. The number of carbonyl (C=O) groups excluding carboxylic acids is 4. The van der Waals surface area contributed by atoms with Gasteiger partial charge in [-0.2, -0.15) is 0 Å². The summed E-state index contributed by atoms with van der Waals surface area (Å²) in [5.74, 6) is -0.219. The van der Waals surface area contributed by atoms with E-state index in [4.69, 9.17) is 26.1 Å². The lowest BCUT2D eigenvalue weighted by Crippen LogP contribution is -2.59. The Morgan fingerprint density at radius 3 is 2.33 bits per heavy atom. The molecule has 368 valence electrons. The fraction of sp³-hybridized carbons (Fsp3) is 0.480. The number of hydrogen-bond donors (Lipinski definition) is 4. The van der Waals surface area contributed by atoms with Crippen LogP contribution in [0.25, 0.3) is 15.4 Å². The molecule has 6 atom stereocenters. The first-order chi connectivity index (χ1) is 32.8. The highest BCUT2D eigenvalue weighted by Gasteiger charge is 2.45. The molecule has 2 aliphatic heterocycles. The van der Waals surface area contributed by atoms with Crippen LogP contribution in [-0.2, 0) is 28.7 Å². The monoisotopic (exact) mass is 999 g/mol. The van der Waals surface area contributed by atoms with Crippen LogP contribution < -0.4 is 16.0 Å². The lowest BCUT2D eigenvalue weighted by Gasteiger charge is -2.36. The van der Waals surface area contributed by atoms with Crippen molar-refractivity contribution in [2.45, 2.75) is 118 Å². The van der Waals surface area contributed by atoms with E-state index >= 15 is 0 Å². The van der Waals surface area contributed by atoms with E-state index in [1.807, 2.05) is 100 Å². The predicted molar refractivity (Wildman–Crippen MR) is 268 cm³/mol. The topological polar surface area (TPSA) is 202 Å². The summed E-state index contributed by atoms with van der Waals surface area (Å²) in [7, 11) is 0. The van der Waals surface area contributed by atoms with Gasteiger partial charge in [0.25, 0.3) is 0 Å². The molecule has 0 bridgehead atoms. The van der Waals surface area contributed by atoms with Gasteiger partial charge in [0.15, 0.2) is 5.82 Å². The van der Waals surface area contributed by atoms with Gasteiger partial charge >= 0.3 is 0 Å². The molecule has 5 heterocycles. The van der Waals surface area contributed by atoms with Crippen LogP contribution in [0.3, 0.4) is 0 Å². The number of fused-ring (bicyclic) bond motifs is 3. The van der Waals surface area contributed by atoms with Gasteiger partial charge in [-0.05, 0) is 82.2 Å². The Labute approximate surface area is 416 Å². The normalized spacial score (nSPS) is 18.1. The van der Waals surface area contributed by atoms with Crippen LogP contribution in [0.4, 0.5) is 0 Å². The third kappa shape index (κ3) is 12.0. The largest absolute Gasteiger partial charge is 0.391 e. The third-order valence-electron chi connectivity index (χ3n) is 12.5. The Morgan fingerprint density at radius 2 is 1.65 bits per heavy atom. The van der Waals surface area contributed by atoms with Crippen LogP contribution in [0.1, 0.15) is 110 Å². The van der Waals surface area contributed by atoms with Crippen LogP contribution >= 0.6 is 34.3 Å². The fourth-order valence-corrected chi connectivity index (χ4v) is 10.7. The number of amides is 4. The van der Waals surface area contributed by atoms with Crippen LogP contribution in [0.5, 0.6) is 0 Å². The van der Waals surface area contributed by atoms with Gasteiger partial charge in [-0.25, -0.2) is 4.98 Å². The number of rotatable bonds is 18. The molecule has 5 aromatic rings. The first kappa shape index (κ1) is 51.5. The third-order valence-corrected chi connectivity index (χ3v) is 14.9. The van der Waals surface area contributed by atoms with Crippen LogP contribution in [-0.4, -0.2) is 116 Å². The average Bonchev–Trinajstić information content (AvgIpc) is 4.08. The minimum Gasteiger partial charge on any atom is -0.391 e. The summed E-state index contributed by atoms with van der Waals surface area (Å²) in [4.78, 5) is 67.8. The van der Waals surface area contributed by atoms with Crippen LogP contribution in [0.15, 0.2) is 59.0 Å². The maximum Gasteiger partial charge on any atom is 0.249 e. The molecule has 0 saturated carbocycles. The Balaban J connectivity index is 0.855. The SMILES string of the molecule is Cc1ncsc1-c1ccc([C@H](C)NC(=O)[C@@H]2C[C@@H](O)CN2C(=O)[C@@H](NC(=O)[C@H](C)OCCCOCCNC(=O)C[C@@H]2N=C(c3ccc(Cl)cc3)c3c(sc(C)c3C)-n3c(C)nnc32)C(C)(C)C)cc1. The Hall–Kier alpha value is -5.37. The molecule has 7 rings (SSSR count). The zero-order valence-electron chi connectivity index (χ0n) is 40.6. The first-order valence-corrected chi connectivity index (χ1v) is 25.3. The number of aliphatic hydroxyl groups is 1. The number of halogens is 1. The molecular weight excluding hydrogens is 938 g/mol. The van der Waals surface area contributed by atoms with Gasteiger partial charge in [0.1, 0.15) is 35.1 Å². The molecule has 19 heteroatoms. The van der Waals surface area contributed by atoms with E-state index in [1.165, 1.54) is 4.90 Å². The molecule has 4 amide bonds. The zero-order valence-corrected chi connectivity index (χ0v) is 43.0. The van der Waals surface area contributed by atoms with Crippen molar-refractivity contribution in [1.82, 2.24) is 40.6 Å². The molecule has 0 unspecified atom stereocenters. The summed E-state index contributed by atoms with van der Waals surface area (Å²) in [6.07, 6.45) is -1.18. The number of nitrogens with zero attached hydrogens (tertiary/aromatic N) is 6. The highest BCUT2D eigenvalue weighted by atomic mass is 35.5. The van der Waals surface area contributed by atoms with Crippen molar-refractivity contribution in [3.8, 4) is 15.4 Å². The highest BCUT2D eigenvalue weighted by molar-refractivity contribution is 7.15. The number of likely N-dealkylation sites (tertiary alicyclic amines) is 1. The number of thiophene rings is 1. The van der Waals surface area contributed by atoms with E-state index in [-0.39, 0.29) is 57.0 Å². The van der Waals surface area contributed by atoms with Crippen LogP contribution in [0, 0.1) is 33.1 Å². The summed E-state index contributed by atoms with van der Waals surface area (Å²) in [5, 5.41) is 30.0. The van der Waals surface area contributed by atoms with E-state index < -0.39 is 47.6 Å². The summed E-state index contributed by atoms with van der Waals surface area (Å²) in [6.45, 7) is 18.0. The van der Waals surface area contributed by atoms with Gasteiger partial charge in [-0.15, -0.1) is 32.9 Å². The van der Waals surface area contributed by atoms with Gasteiger partial charge in [-0.1, -0.05) is 68.8 Å². The Morgan fingerprint density at radius 1 is 0.942 bits per heavy atom. The predicted octanol–water partition coefficient (Wildman–Crippen LogP) is 6.92. The van der Waals surface area contributed by atoms with Crippen molar-refractivity contribution in [2.75, 3.05) is 32.9 Å². The van der Waals surface area contributed by atoms with E-state index in [9.17, 15) is 24.3 Å². The molecule has 16 nitrogen and oxygen atoms in total. The number of carbonyl (C=O) groups is 4. The highest BCUT2D eigenvalue weighted by Crippen LogP contribution is 2.40. The summed E-state index contributed by atoms with van der Waals surface area (Å²) >= 11 is 9.46. The number of aliphatic imine (C=N–C) groups is 1. The molecule has 0 spiro atoms. The molecule has 0 aliphatic carbocycles. The molecule has 2 aromatic carbocycles. The lowest BCUT2D eigenvalue weighted by atomic mass is 9.85. The fourth-order valence-electron chi connectivity index (χ4n) is 8.52. The smallest absolute Gasteiger partial charge is 0.249 e.